The van der Waals surface area contributed by atoms with Crippen LogP contribution in [0.3, 0.4) is 0 Å². The highest BCUT2D eigenvalue weighted by molar-refractivity contribution is 7.17. The number of fused-ring (bicyclic) bond motifs is 3. The molecule has 1 aliphatic carbocycles. The fourth-order valence-corrected chi connectivity index (χ4v) is 5.52. The van der Waals surface area contributed by atoms with Crippen LogP contribution in [0.4, 0.5) is 0 Å². The number of nitrogens with zero attached hydrogens (tertiary/aromatic N) is 1. The van der Waals surface area contributed by atoms with E-state index >= 15 is 0 Å². The molecule has 0 bridgehead atoms. The number of benzene rings is 1. The van der Waals surface area contributed by atoms with Gasteiger partial charge in [-0.15, -0.1) is 11.3 Å². The van der Waals surface area contributed by atoms with Crippen molar-refractivity contribution in [1.29, 1.82) is 0 Å². The maximum absolute atomic E-state index is 12.9. The van der Waals surface area contributed by atoms with Crippen molar-refractivity contribution in [3.63, 3.8) is 0 Å². The van der Waals surface area contributed by atoms with Gasteiger partial charge in [0.2, 0.25) is 0 Å². The molecule has 0 spiro atoms. The fraction of sp³-hybridized carbons (Fsp3) is 0.522. The van der Waals surface area contributed by atoms with Crippen molar-refractivity contribution in [2.24, 2.45) is 5.92 Å². The van der Waals surface area contributed by atoms with E-state index in [-0.39, 0.29) is 5.91 Å². The third-order valence-electron chi connectivity index (χ3n) is 5.76. The van der Waals surface area contributed by atoms with Crippen LogP contribution in [0.2, 0.25) is 0 Å². The van der Waals surface area contributed by atoms with E-state index in [1.807, 2.05) is 0 Å². The highest BCUT2D eigenvalue weighted by Crippen LogP contribution is 2.39. The van der Waals surface area contributed by atoms with Crippen LogP contribution in [0, 0.1) is 5.92 Å². The third-order valence-corrected chi connectivity index (χ3v) is 6.97. The van der Waals surface area contributed by atoms with Crippen LogP contribution in [-0.2, 0) is 17.6 Å². The van der Waals surface area contributed by atoms with E-state index in [0.717, 1.165) is 50.4 Å². The largest absolute Gasteiger partial charge is 0.379 e. The van der Waals surface area contributed by atoms with Crippen LogP contribution in [0.15, 0.2) is 30.3 Å². The zero-order chi connectivity index (χ0) is 19.5. The minimum atomic E-state index is 0.0684. The van der Waals surface area contributed by atoms with Gasteiger partial charge >= 0.3 is 0 Å². The molecule has 2 heterocycles. The van der Waals surface area contributed by atoms with Gasteiger partial charge < -0.3 is 10.1 Å². The molecular weight excluding hydrogens is 368 g/mol. The molecule has 28 heavy (non-hydrogen) atoms. The summed E-state index contributed by atoms with van der Waals surface area (Å²) in [6.45, 7) is 8.70. The Balaban J connectivity index is 1.44. The van der Waals surface area contributed by atoms with Crippen LogP contribution in [0.25, 0.3) is 10.4 Å². The predicted octanol–water partition coefficient (Wildman–Crippen LogP) is 3.99. The lowest BCUT2D eigenvalue weighted by Gasteiger charge is -2.35. The summed E-state index contributed by atoms with van der Waals surface area (Å²) in [4.78, 5) is 17.5. The molecule has 1 aliphatic heterocycles. The Bertz CT molecular complexity index is 824. The summed E-state index contributed by atoms with van der Waals surface area (Å²) in [5, 5.41) is 3.22. The fourth-order valence-electron chi connectivity index (χ4n) is 4.33. The van der Waals surface area contributed by atoms with E-state index in [0.29, 0.717) is 18.5 Å². The Morgan fingerprint density at radius 2 is 1.93 bits per heavy atom. The second kappa shape index (κ2) is 8.76. The van der Waals surface area contributed by atoms with E-state index in [9.17, 15) is 4.79 Å². The van der Waals surface area contributed by atoms with Gasteiger partial charge in [0.1, 0.15) is 0 Å². The smallest absolute Gasteiger partial charge is 0.261 e. The van der Waals surface area contributed by atoms with Gasteiger partial charge in [0.05, 0.1) is 18.1 Å². The molecule has 1 aromatic carbocycles. The molecule has 0 radical (unpaired) electrons. The van der Waals surface area contributed by atoms with Crippen LogP contribution >= 0.6 is 11.3 Å². The van der Waals surface area contributed by atoms with Gasteiger partial charge in [-0.1, -0.05) is 38.1 Å². The van der Waals surface area contributed by atoms with Crippen molar-refractivity contribution in [2.75, 3.05) is 32.8 Å². The lowest BCUT2D eigenvalue weighted by Crippen LogP contribution is -2.49. The molecular formula is C23H30N2O2S. The number of carbonyl (C=O) groups excluding carboxylic acids is 1. The van der Waals surface area contributed by atoms with Gasteiger partial charge in [0, 0.05) is 30.6 Å². The molecule has 1 aromatic heterocycles. The molecule has 1 unspecified atom stereocenters. The van der Waals surface area contributed by atoms with Gasteiger partial charge in [-0.25, -0.2) is 0 Å². The summed E-state index contributed by atoms with van der Waals surface area (Å²) in [6.07, 6.45) is 3.18. The number of hydrogen-bond donors (Lipinski definition) is 1. The zero-order valence-electron chi connectivity index (χ0n) is 16.9. The van der Waals surface area contributed by atoms with E-state index in [2.05, 4.69) is 54.4 Å². The Morgan fingerprint density at radius 1 is 1.18 bits per heavy atom. The van der Waals surface area contributed by atoms with E-state index in [1.165, 1.54) is 21.6 Å². The second-order valence-electron chi connectivity index (χ2n) is 8.26. The maximum atomic E-state index is 12.9. The van der Waals surface area contributed by atoms with Crippen molar-refractivity contribution < 1.29 is 9.53 Å². The van der Waals surface area contributed by atoms with E-state index < -0.39 is 0 Å². The lowest BCUT2D eigenvalue weighted by atomic mass is 9.91. The lowest BCUT2D eigenvalue weighted by molar-refractivity contribution is 0.0125. The third kappa shape index (κ3) is 4.32. The molecule has 5 heteroatoms. The van der Waals surface area contributed by atoms with E-state index in [4.69, 9.17) is 4.74 Å². The SMILES string of the molecule is CC(C)CC(CNC(=O)c1cc2c(s1)-c1ccccc1CC2)N1CCOCC1. The Morgan fingerprint density at radius 3 is 2.71 bits per heavy atom. The Hall–Kier alpha value is -1.69. The Kier molecular flexibility index (Phi) is 6.14. The van der Waals surface area contributed by atoms with Crippen molar-refractivity contribution in [2.45, 2.75) is 39.2 Å². The zero-order valence-corrected chi connectivity index (χ0v) is 17.7. The van der Waals surface area contributed by atoms with Crippen LogP contribution in [0.5, 0.6) is 0 Å². The number of hydrogen-bond acceptors (Lipinski definition) is 4. The van der Waals surface area contributed by atoms with Gasteiger partial charge in [-0.2, -0.15) is 0 Å². The summed E-state index contributed by atoms with van der Waals surface area (Å²) in [7, 11) is 0. The number of ether oxygens (including phenoxy) is 1. The second-order valence-corrected chi connectivity index (χ2v) is 9.32. The number of rotatable bonds is 6. The van der Waals surface area contributed by atoms with Crippen molar-refractivity contribution in [1.82, 2.24) is 10.2 Å². The van der Waals surface area contributed by atoms with Crippen LogP contribution in [0.1, 0.15) is 41.1 Å². The number of morpholine rings is 1. The van der Waals surface area contributed by atoms with Gasteiger partial charge in [0.15, 0.2) is 0 Å². The summed E-state index contributed by atoms with van der Waals surface area (Å²) in [6, 6.07) is 11.1. The quantitative estimate of drug-likeness (QED) is 0.800. The molecule has 150 valence electrons. The number of nitrogens with one attached hydrogen (secondary N) is 1. The number of aryl methyl sites for hydroxylation is 2. The average Bonchev–Trinajstić information content (AvgIpc) is 3.16. The summed E-state index contributed by atoms with van der Waals surface area (Å²) >= 11 is 1.64. The standard InChI is InChI=1S/C23H30N2O2S/c1-16(2)13-19(25-9-11-27-12-10-25)15-24-23(26)21-14-18-8-7-17-5-3-4-6-20(17)22(18)28-21/h3-6,14,16,19H,7-13,15H2,1-2H3,(H,24,26). The highest BCUT2D eigenvalue weighted by Gasteiger charge is 2.24. The summed E-state index contributed by atoms with van der Waals surface area (Å²) < 4.78 is 5.50. The first kappa shape index (κ1) is 19.6. The first-order valence-electron chi connectivity index (χ1n) is 10.4. The molecule has 4 nitrogen and oxygen atoms in total. The first-order chi connectivity index (χ1) is 13.6. The molecule has 1 fully saturated rings. The van der Waals surface area contributed by atoms with E-state index in [1.54, 1.807) is 11.3 Å². The molecule has 1 amide bonds. The number of thiophene rings is 1. The number of carbonyl (C=O) groups is 1. The Labute approximate surface area is 171 Å². The molecule has 0 saturated carbocycles. The minimum Gasteiger partial charge on any atom is -0.379 e. The average molecular weight is 399 g/mol. The van der Waals surface area contributed by atoms with Gasteiger partial charge in [-0.3, -0.25) is 9.69 Å². The molecule has 2 aliphatic rings. The molecule has 1 atom stereocenters. The first-order valence-corrected chi connectivity index (χ1v) is 11.2. The van der Waals surface area contributed by atoms with Crippen molar-refractivity contribution >= 4 is 17.2 Å². The van der Waals surface area contributed by atoms with Crippen LogP contribution < -0.4 is 5.32 Å². The number of amides is 1. The predicted molar refractivity (Wildman–Crippen MR) is 115 cm³/mol. The van der Waals surface area contributed by atoms with Crippen molar-refractivity contribution in [3.8, 4) is 10.4 Å². The van der Waals surface area contributed by atoms with Crippen LogP contribution in [-0.4, -0.2) is 49.7 Å². The molecule has 4 rings (SSSR count). The topological polar surface area (TPSA) is 41.6 Å². The highest BCUT2D eigenvalue weighted by atomic mass is 32.1. The maximum Gasteiger partial charge on any atom is 0.261 e. The summed E-state index contributed by atoms with van der Waals surface area (Å²) in [5.74, 6) is 0.675. The summed E-state index contributed by atoms with van der Waals surface area (Å²) in [5.41, 5.74) is 4.02. The van der Waals surface area contributed by atoms with Gasteiger partial charge in [0.25, 0.3) is 5.91 Å². The molecule has 1 N–H and O–H groups in total. The monoisotopic (exact) mass is 398 g/mol. The minimum absolute atomic E-state index is 0.0684. The molecule has 1 saturated heterocycles. The van der Waals surface area contributed by atoms with Crippen molar-refractivity contribution in [3.05, 3.63) is 46.3 Å². The normalized spacial score (nSPS) is 17.8. The molecule has 2 aromatic rings. The van der Waals surface area contributed by atoms with Gasteiger partial charge in [-0.05, 0) is 47.9 Å².